The number of hydrogen-bond donors (Lipinski definition) is 1. The number of amides is 2. The van der Waals surface area contributed by atoms with Gasteiger partial charge in [-0.25, -0.2) is 0 Å². The fraction of sp³-hybridized carbons (Fsp3) is 0.688. The molecular formula is C16H23N3O3S. The summed E-state index contributed by atoms with van der Waals surface area (Å²) in [5.41, 5.74) is 1.71. The van der Waals surface area contributed by atoms with Crippen molar-refractivity contribution >= 4 is 23.6 Å². The number of thioether (sulfide) groups is 1. The van der Waals surface area contributed by atoms with E-state index in [0.717, 1.165) is 42.7 Å². The van der Waals surface area contributed by atoms with Crippen LogP contribution in [0.3, 0.4) is 0 Å². The van der Waals surface area contributed by atoms with E-state index in [1.807, 2.05) is 13.8 Å². The number of carbonyl (C=O) groups excluding carboxylic acids is 2. The molecule has 126 valence electrons. The number of hydrogen-bond acceptors (Lipinski definition) is 5. The molecule has 1 aliphatic heterocycles. The minimum Gasteiger partial charge on any atom is -0.361 e. The highest BCUT2D eigenvalue weighted by atomic mass is 32.2. The Morgan fingerprint density at radius 3 is 2.74 bits per heavy atom. The van der Waals surface area contributed by atoms with E-state index < -0.39 is 0 Å². The van der Waals surface area contributed by atoms with Crippen LogP contribution < -0.4 is 5.32 Å². The maximum absolute atomic E-state index is 12.6. The number of nitrogens with zero attached hydrogens (tertiary/aromatic N) is 2. The second kappa shape index (κ2) is 6.95. The van der Waals surface area contributed by atoms with E-state index in [4.69, 9.17) is 4.52 Å². The molecule has 2 aliphatic rings. The SMILES string of the molecule is Cc1noc(C)c1CNC(=O)[C@H]1CSCN1C(=O)C1CCCC1. The molecular weight excluding hydrogens is 314 g/mol. The van der Waals surface area contributed by atoms with Crippen LogP contribution in [0.5, 0.6) is 0 Å². The Hall–Kier alpha value is -1.50. The van der Waals surface area contributed by atoms with Gasteiger partial charge in [0.05, 0.1) is 11.6 Å². The maximum Gasteiger partial charge on any atom is 0.243 e. The van der Waals surface area contributed by atoms with Crippen LogP contribution >= 0.6 is 11.8 Å². The molecule has 2 heterocycles. The largest absolute Gasteiger partial charge is 0.361 e. The Bertz CT molecular complexity index is 576. The molecule has 2 fully saturated rings. The molecule has 0 radical (unpaired) electrons. The summed E-state index contributed by atoms with van der Waals surface area (Å²) in [6.07, 6.45) is 4.18. The van der Waals surface area contributed by atoms with E-state index in [1.165, 1.54) is 0 Å². The van der Waals surface area contributed by atoms with E-state index in [-0.39, 0.29) is 23.8 Å². The third-order valence-corrected chi connectivity index (χ3v) is 5.81. The standard InChI is InChI=1S/C16H23N3O3S/c1-10-13(11(2)22-18-10)7-17-15(20)14-8-23-9-19(14)16(21)12-5-3-4-6-12/h12,14H,3-9H2,1-2H3,(H,17,20)/t14-/m1/s1. The third kappa shape index (κ3) is 3.39. The molecule has 1 saturated heterocycles. The van der Waals surface area contributed by atoms with Gasteiger partial charge in [0.25, 0.3) is 0 Å². The highest BCUT2D eigenvalue weighted by molar-refractivity contribution is 7.99. The average molecular weight is 337 g/mol. The average Bonchev–Trinajstić information content (AvgIpc) is 3.26. The van der Waals surface area contributed by atoms with Gasteiger partial charge < -0.3 is 14.7 Å². The van der Waals surface area contributed by atoms with Crippen LogP contribution in [0.1, 0.15) is 42.7 Å². The summed E-state index contributed by atoms with van der Waals surface area (Å²) in [6, 6.07) is -0.353. The molecule has 2 amide bonds. The van der Waals surface area contributed by atoms with Crippen LogP contribution in [0.25, 0.3) is 0 Å². The fourth-order valence-electron chi connectivity index (χ4n) is 3.33. The summed E-state index contributed by atoms with van der Waals surface area (Å²) in [7, 11) is 0. The van der Waals surface area contributed by atoms with Crippen LogP contribution in [0.15, 0.2) is 4.52 Å². The van der Waals surface area contributed by atoms with Crippen molar-refractivity contribution in [2.75, 3.05) is 11.6 Å². The fourth-order valence-corrected chi connectivity index (χ4v) is 4.50. The molecule has 1 aromatic heterocycles. The maximum atomic E-state index is 12.6. The number of nitrogens with one attached hydrogen (secondary N) is 1. The highest BCUT2D eigenvalue weighted by Crippen LogP contribution is 2.30. The molecule has 3 rings (SSSR count). The van der Waals surface area contributed by atoms with Gasteiger partial charge in [-0.1, -0.05) is 18.0 Å². The predicted molar refractivity (Wildman–Crippen MR) is 87.7 cm³/mol. The Kier molecular flexibility index (Phi) is 4.94. The van der Waals surface area contributed by atoms with Crippen molar-refractivity contribution in [1.29, 1.82) is 0 Å². The van der Waals surface area contributed by atoms with Gasteiger partial charge in [0.2, 0.25) is 11.8 Å². The van der Waals surface area contributed by atoms with Gasteiger partial charge >= 0.3 is 0 Å². The zero-order valence-corrected chi connectivity index (χ0v) is 14.4. The molecule has 0 aromatic carbocycles. The molecule has 6 nitrogen and oxygen atoms in total. The van der Waals surface area contributed by atoms with Gasteiger partial charge in [0.1, 0.15) is 11.8 Å². The number of rotatable bonds is 4. The van der Waals surface area contributed by atoms with E-state index in [9.17, 15) is 9.59 Å². The monoisotopic (exact) mass is 337 g/mol. The Balaban J connectivity index is 1.60. The minimum absolute atomic E-state index is 0.0821. The summed E-state index contributed by atoms with van der Waals surface area (Å²) in [4.78, 5) is 26.9. The molecule has 7 heteroatoms. The molecule has 1 atom stereocenters. The van der Waals surface area contributed by atoms with Gasteiger partial charge in [-0.3, -0.25) is 9.59 Å². The lowest BCUT2D eigenvalue weighted by Crippen LogP contribution is -2.48. The van der Waals surface area contributed by atoms with Crippen LogP contribution in [0, 0.1) is 19.8 Å². The smallest absolute Gasteiger partial charge is 0.243 e. The Morgan fingerprint density at radius 2 is 2.09 bits per heavy atom. The van der Waals surface area contributed by atoms with Crippen molar-refractivity contribution in [3.8, 4) is 0 Å². The molecule has 23 heavy (non-hydrogen) atoms. The van der Waals surface area contributed by atoms with E-state index in [1.54, 1.807) is 16.7 Å². The minimum atomic E-state index is -0.353. The summed E-state index contributed by atoms with van der Waals surface area (Å²) >= 11 is 1.65. The van der Waals surface area contributed by atoms with Crippen LogP contribution in [0.2, 0.25) is 0 Å². The Morgan fingerprint density at radius 1 is 1.35 bits per heavy atom. The van der Waals surface area contributed by atoms with Crippen molar-refractivity contribution in [2.45, 2.75) is 52.1 Å². The van der Waals surface area contributed by atoms with Crippen molar-refractivity contribution < 1.29 is 14.1 Å². The van der Waals surface area contributed by atoms with Crippen molar-refractivity contribution in [3.63, 3.8) is 0 Å². The first kappa shape index (κ1) is 16.4. The normalized spacial score (nSPS) is 21.8. The summed E-state index contributed by atoms with van der Waals surface area (Å²) in [6.45, 7) is 4.09. The lowest BCUT2D eigenvalue weighted by Gasteiger charge is -2.25. The lowest BCUT2D eigenvalue weighted by atomic mass is 10.1. The van der Waals surface area contributed by atoms with Gasteiger partial charge in [0, 0.05) is 23.8 Å². The zero-order chi connectivity index (χ0) is 16.4. The second-order valence-electron chi connectivity index (χ2n) is 6.33. The summed E-state index contributed by atoms with van der Waals surface area (Å²) in [5.74, 6) is 2.21. The number of aryl methyl sites for hydroxylation is 2. The molecule has 0 unspecified atom stereocenters. The molecule has 1 aliphatic carbocycles. The third-order valence-electron chi connectivity index (χ3n) is 4.79. The summed E-state index contributed by atoms with van der Waals surface area (Å²) in [5, 5.41) is 6.83. The molecule has 1 aromatic rings. The molecule has 1 N–H and O–H groups in total. The van der Waals surface area contributed by atoms with Crippen LogP contribution in [-0.4, -0.2) is 39.5 Å². The highest BCUT2D eigenvalue weighted by Gasteiger charge is 2.38. The van der Waals surface area contributed by atoms with Gasteiger partial charge in [-0.2, -0.15) is 0 Å². The Labute approximate surface area is 140 Å². The predicted octanol–water partition coefficient (Wildman–Crippen LogP) is 2.00. The van der Waals surface area contributed by atoms with E-state index in [2.05, 4.69) is 10.5 Å². The van der Waals surface area contributed by atoms with Crippen molar-refractivity contribution in [1.82, 2.24) is 15.4 Å². The number of carbonyl (C=O) groups is 2. The topological polar surface area (TPSA) is 75.4 Å². The zero-order valence-electron chi connectivity index (χ0n) is 13.6. The van der Waals surface area contributed by atoms with Crippen molar-refractivity contribution in [2.24, 2.45) is 5.92 Å². The van der Waals surface area contributed by atoms with E-state index >= 15 is 0 Å². The first-order valence-corrected chi connectivity index (χ1v) is 9.31. The molecule has 1 saturated carbocycles. The van der Waals surface area contributed by atoms with Crippen molar-refractivity contribution in [3.05, 3.63) is 17.0 Å². The molecule has 0 bridgehead atoms. The first-order valence-electron chi connectivity index (χ1n) is 8.15. The number of aromatic nitrogens is 1. The molecule has 0 spiro atoms. The van der Waals surface area contributed by atoms with Gasteiger partial charge in [-0.05, 0) is 26.7 Å². The first-order chi connectivity index (χ1) is 11.1. The van der Waals surface area contributed by atoms with Gasteiger partial charge in [0.15, 0.2) is 0 Å². The lowest BCUT2D eigenvalue weighted by molar-refractivity contribution is -0.141. The van der Waals surface area contributed by atoms with Crippen LogP contribution in [-0.2, 0) is 16.1 Å². The van der Waals surface area contributed by atoms with Crippen LogP contribution in [0.4, 0.5) is 0 Å². The van der Waals surface area contributed by atoms with E-state index in [0.29, 0.717) is 18.2 Å². The van der Waals surface area contributed by atoms with Gasteiger partial charge in [-0.15, -0.1) is 11.8 Å². The summed E-state index contributed by atoms with van der Waals surface area (Å²) < 4.78 is 5.11. The quantitative estimate of drug-likeness (QED) is 0.909. The second-order valence-corrected chi connectivity index (χ2v) is 7.33.